The van der Waals surface area contributed by atoms with Gasteiger partial charge in [-0.25, -0.2) is 0 Å². The standard InChI is InChI=1S/C20H19N3OS/c1-2-5-15-13-16(12-14(15)4-1)21-8-10-24-22-19-17-6-3-9-23(17)18-7-11-25-20(18)19/h1-7,9,11,16,21H,8,10,12-13H2/b22-19-. The molecule has 0 fully saturated rings. The summed E-state index contributed by atoms with van der Waals surface area (Å²) < 4.78 is 2.17. The SMILES string of the molecule is c1ccc2c(c1)CC(NCCO/N=C1\c3sccc3-n3cccc31)C2. The van der Waals surface area contributed by atoms with E-state index in [1.807, 2.05) is 6.07 Å². The van der Waals surface area contributed by atoms with E-state index in [1.54, 1.807) is 11.3 Å². The molecule has 2 aromatic heterocycles. The van der Waals surface area contributed by atoms with Crippen molar-refractivity contribution in [2.24, 2.45) is 5.16 Å². The Balaban J connectivity index is 1.17. The van der Waals surface area contributed by atoms with Gasteiger partial charge in [-0.1, -0.05) is 29.4 Å². The molecule has 1 aliphatic carbocycles. The third kappa shape index (κ3) is 2.60. The van der Waals surface area contributed by atoms with Crippen LogP contribution in [0.15, 0.2) is 59.2 Å². The third-order valence-corrected chi connectivity index (χ3v) is 5.85. The van der Waals surface area contributed by atoms with E-state index in [0.717, 1.165) is 30.8 Å². The molecule has 4 nitrogen and oxygen atoms in total. The second kappa shape index (κ2) is 6.17. The molecule has 126 valence electrons. The number of thiophene rings is 1. The van der Waals surface area contributed by atoms with E-state index in [1.165, 1.54) is 21.7 Å². The lowest BCUT2D eigenvalue weighted by molar-refractivity contribution is 0.144. The van der Waals surface area contributed by atoms with Crippen LogP contribution < -0.4 is 5.32 Å². The van der Waals surface area contributed by atoms with E-state index in [4.69, 9.17) is 4.84 Å². The quantitative estimate of drug-likeness (QED) is 0.443. The van der Waals surface area contributed by atoms with Crippen LogP contribution in [0.4, 0.5) is 0 Å². The normalized spacial score (nSPS) is 16.9. The molecule has 1 aromatic carbocycles. The summed E-state index contributed by atoms with van der Waals surface area (Å²) in [5.74, 6) is 0. The summed E-state index contributed by atoms with van der Waals surface area (Å²) >= 11 is 1.71. The van der Waals surface area contributed by atoms with E-state index < -0.39 is 0 Å². The Morgan fingerprint density at radius 2 is 1.96 bits per heavy atom. The summed E-state index contributed by atoms with van der Waals surface area (Å²) in [5.41, 5.74) is 6.20. The fourth-order valence-electron chi connectivity index (χ4n) is 3.78. The fraction of sp³-hybridized carbons (Fsp3) is 0.250. The Kier molecular flexibility index (Phi) is 3.68. The van der Waals surface area contributed by atoms with Crippen LogP contribution in [0.1, 0.15) is 21.7 Å². The van der Waals surface area contributed by atoms with E-state index >= 15 is 0 Å². The minimum absolute atomic E-state index is 0.515. The van der Waals surface area contributed by atoms with Gasteiger partial charge in [-0.3, -0.25) is 0 Å². The van der Waals surface area contributed by atoms with Crippen molar-refractivity contribution in [3.05, 3.63) is 75.7 Å². The second-order valence-corrected chi connectivity index (χ2v) is 7.42. The molecule has 0 amide bonds. The smallest absolute Gasteiger partial charge is 0.146 e. The lowest BCUT2D eigenvalue weighted by atomic mass is 10.1. The molecule has 1 aliphatic heterocycles. The molecule has 5 heteroatoms. The van der Waals surface area contributed by atoms with Gasteiger partial charge in [0.2, 0.25) is 0 Å². The van der Waals surface area contributed by atoms with Crippen molar-refractivity contribution in [1.82, 2.24) is 9.88 Å². The van der Waals surface area contributed by atoms with Crippen LogP contribution >= 0.6 is 11.3 Å². The molecule has 0 atom stereocenters. The lowest BCUT2D eigenvalue weighted by Crippen LogP contribution is -2.32. The van der Waals surface area contributed by atoms with Crippen molar-refractivity contribution in [2.45, 2.75) is 18.9 Å². The summed E-state index contributed by atoms with van der Waals surface area (Å²) in [6, 6.07) is 15.5. The molecule has 1 N–H and O–H groups in total. The Hall–Kier alpha value is -2.37. The minimum Gasteiger partial charge on any atom is -0.394 e. The summed E-state index contributed by atoms with van der Waals surface area (Å²) in [7, 11) is 0. The van der Waals surface area contributed by atoms with Gasteiger partial charge in [-0.05, 0) is 47.5 Å². The van der Waals surface area contributed by atoms with Gasteiger partial charge in [0.15, 0.2) is 0 Å². The summed E-state index contributed by atoms with van der Waals surface area (Å²) in [5, 5.41) is 10.1. The number of hydrogen-bond donors (Lipinski definition) is 1. The van der Waals surface area contributed by atoms with Gasteiger partial charge in [0, 0.05) is 18.8 Å². The van der Waals surface area contributed by atoms with E-state index in [0.29, 0.717) is 12.6 Å². The molecule has 0 radical (unpaired) electrons. The molecule has 0 bridgehead atoms. The van der Waals surface area contributed by atoms with Crippen LogP contribution in [0.3, 0.4) is 0 Å². The summed E-state index contributed by atoms with van der Waals surface area (Å²) in [4.78, 5) is 6.82. The van der Waals surface area contributed by atoms with Crippen LogP contribution in [-0.4, -0.2) is 29.5 Å². The molecule has 0 saturated carbocycles. The van der Waals surface area contributed by atoms with Crippen molar-refractivity contribution in [2.75, 3.05) is 13.2 Å². The molecule has 3 aromatic rings. The van der Waals surface area contributed by atoms with E-state index in [9.17, 15) is 0 Å². The van der Waals surface area contributed by atoms with Crippen LogP contribution in [-0.2, 0) is 17.7 Å². The maximum atomic E-state index is 5.63. The molecular weight excluding hydrogens is 330 g/mol. The Morgan fingerprint density at radius 3 is 2.80 bits per heavy atom. The third-order valence-electron chi connectivity index (χ3n) is 4.94. The van der Waals surface area contributed by atoms with Gasteiger partial charge >= 0.3 is 0 Å². The molecule has 25 heavy (non-hydrogen) atoms. The first-order valence-electron chi connectivity index (χ1n) is 8.66. The van der Waals surface area contributed by atoms with Crippen LogP contribution in [0.2, 0.25) is 0 Å². The van der Waals surface area contributed by atoms with Crippen LogP contribution in [0.25, 0.3) is 5.69 Å². The number of nitrogens with one attached hydrogen (secondary N) is 1. The highest BCUT2D eigenvalue weighted by Crippen LogP contribution is 2.32. The van der Waals surface area contributed by atoms with Crippen LogP contribution in [0.5, 0.6) is 0 Å². The first-order valence-corrected chi connectivity index (χ1v) is 9.54. The van der Waals surface area contributed by atoms with Gasteiger partial charge < -0.3 is 14.7 Å². The molecule has 3 heterocycles. The number of oxime groups is 1. The zero-order chi connectivity index (χ0) is 16.6. The van der Waals surface area contributed by atoms with Crippen molar-refractivity contribution < 1.29 is 4.84 Å². The van der Waals surface area contributed by atoms with Gasteiger partial charge in [0.1, 0.15) is 12.3 Å². The largest absolute Gasteiger partial charge is 0.394 e. The minimum atomic E-state index is 0.515. The first kappa shape index (κ1) is 14.9. The number of nitrogens with zero attached hydrogens (tertiary/aromatic N) is 2. The topological polar surface area (TPSA) is 38.5 Å². The van der Waals surface area contributed by atoms with Gasteiger partial charge in [-0.2, -0.15) is 0 Å². The predicted octanol–water partition coefficient (Wildman–Crippen LogP) is 3.38. The number of rotatable bonds is 5. The van der Waals surface area contributed by atoms with Crippen molar-refractivity contribution in [3.63, 3.8) is 0 Å². The zero-order valence-electron chi connectivity index (χ0n) is 13.8. The molecule has 0 unspecified atom stereocenters. The van der Waals surface area contributed by atoms with Gasteiger partial charge in [0.25, 0.3) is 0 Å². The van der Waals surface area contributed by atoms with E-state index in [-0.39, 0.29) is 0 Å². The van der Waals surface area contributed by atoms with Crippen molar-refractivity contribution in [3.8, 4) is 5.69 Å². The average molecular weight is 349 g/mol. The highest BCUT2D eigenvalue weighted by atomic mass is 32.1. The van der Waals surface area contributed by atoms with Gasteiger partial charge in [-0.15, -0.1) is 11.3 Å². The Bertz CT molecular complexity index is 873. The first-order chi connectivity index (χ1) is 12.4. The second-order valence-electron chi connectivity index (χ2n) is 6.50. The highest BCUT2D eigenvalue weighted by molar-refractivity contribution is 7.13. The van der Waals surface area contributed by atoms with Gasteiger partial charge in [0.05, 0.1) is 16.3 Å². The maximum Gasteiger partial charge on any atom is 0.146 e. The molecular formula is C20H19N3OS. The predicted molar refractivity (Wildman–Crippen MR) is 101 cm³/mol. The maximum absolute atomic E-state index is 5.63. The molecule has 0 spiro atoms. The monoisotopic (exact) mass is 349 g/mol. The molecule has 5 rings (SSSR count). The highest BCUT2D eigenvalue weighted by Gasteiger charge is 2.26. The van der Waals surface area contributed by atoms with Crippen LogP contribution in [0, 0.1) is 0 Å². The zero-order valence-corrected chi connectivity index (χ0v) is 14.6. The molecule has 0 saturated heterocycles. The fourth-order valence-corrected chi connectivity index (χ4v) is 4.65. The Labute approximate surface area is 150 Å². The van der Waals surface area contributed by atoms with E-state index in [2.05, 4.69) is 63.0 Å². The lowest BCUT2D eigenvalue weighted by Gasteiger charge is -2.11. The summed E-state index contributed by atoms with van der Waals surface area (Å²) in [6.07, 6.45) is 4.29. The average Bonchev–Trinajstić information content (AvgIpc) is 3.37. The van der Waals surface area contributed by atoms with Crippen molar-refractivity contribution in [1.29, 1.82) is 0 Å². The Morgan fingerprint density at radius 1 is 1.12 bits per heavy atom. The number of benzene rings is 1. The van der Waals surface area contributed by atoms with Crippen molar-refractivity contribution >= 4 is 17.0 Å². The number of aromatic nitrogens is 1. The number of fused-ring (bicyclic) bond motifs is 4. The molecule has 2 aliphatic rings. The number of hydrogen-bond acceptors (Lipinski definition) is 4. The summed E-state index contributed by atoms with van der Waals surface area (Å²) in [6.45, 7) is 1.39.